The average molecular weight is 352 g/mol. The lowest BCUT2D eigenvalue weighted by Gasteiger charge is -2.25. The molecule has 116 valence electrons. The van der Waals surface area contributed by atoms with Crippen LogP contribution in [0, 0.1) is 5.92 Å². The summed E-state index contributed by atoms with van der Waals surface area (Å²) in [4.78, 5) is 0. The van der Waals surface area contributed by atoms with Gasteiger partial charge in [0.1, 0.15) is 0 Å². The average Bonchev–Trinajstić information content (AvgIpc) is 3.32. The van der Waals surface area contributed by atoms with E-state index >= 15 is 0 Å². The number of hydrogen-bond donors (Lipinski definition) is 1. The minimum atomic E-state index is 0.185. The first-order chi connectivity index (χ1) is 10.3. The fraction of sp³-hybridized carbons (Fsp3) is 0.667. The predicted octanol–water partition coefficient (Wildman–Crippen LogP) is 4.84. The van der Waals surface area contributed by atoms with Crippen LogP contribution in [0.15, 0.2) is 28.7 Å². The number of hydrogen-bond acceptors (Lipinski definition) is 2. The maximum Gasteiger partial charge on any atom is 0.0949 e. The van der Waals surface area contributed by atoms with Crippen LogP contribution in [-0.2, 0) is 4.74 Å². The molecule has 0 bridgehead atoms. The lowest BCUT2D eigenvalue weighted by atomic mass is 9.90. The first-order valence-electron chi connectivity index (χ1n) is 8.42. The van der Waals surface area contributed by atoms with Crippen molar-refractivity contribution in [2.24, 2.45) is 5.92 Å². The summed E-state index contributed by atoms with van der Waals surface area (Å²) in [5.74, 6) is 0.773. The van der Waals surface area contributed by atoms with Crippen LogP contribution < -0.4 is 5.32 Å². The van der Waals surface area contributed by atoms with Crippen molar-refractivity contribution in [2.45, 2.75) is 57.1 Å². The van der Waals surface area contributed by atoms with Gasteiger partial charge in [0, 0.05) is 17.1 Å². The second kappa shape index (κ2) is 7.75. The standard InChI is InChI=1S/C18H26BrNO/c19-16-8-4-7-15(11-16)18(12-20-17-9-10-17)21-13-14-5-2-1-3-6-14/h4,7-8,11,14,17-18,20H,1-3,5-6,9-10,12-13H2. The number of rotatable bonds is 7. The summed E-state index contributed by atoms with van der Waals surface area (Å²) in [6, 6.07) is 9.30. The topological polar surface area (TPSA) is 21.3 Å². The van der Waals surface area contributed by atoms with Gasteiger partial charge in [0.25, 0.3) is 0 Å². The van der Waals surface area contributed by atoms with E-state index in [-0.39, 0.29) is 6.10 Å². The molecule has 0 heterocycles. The molecule has 3 rings (SSSR count). The smallest absolute Gasteiger partial charge is 0.0949 e. The summed E-state index contributed by atoms with van der Waals surface area (Å²) >= 11 is 3.57. The van der Waals surface area contributed by atoms with Crippen LogP contribution in [0.25, 0.3) is 0 Å². The quantitative estimate of drug-likeness (QED) is 0.758. The largest absolute Gasteiger partial charge is 0.372 e. The minimum Gasteiger partial charge on any atom is -0.372 e. The molecule has 1 atom stereocenters. The fourth-order valence-corrected chi connectivity index (χ4v) is 3.56. The van der Waals surface area contributed by atoms with Crippen molar-refractivity contribution in [3.63, 3.8) is 0 Å². The predicted molar refractivity (Wildman–Crippen MR) is 90.4 cm³/mol. The molecule has 0 saturated heterocycles. The molecular formula is C18H26BrNO. The maximum atomic E-state index is 6.32. The van der Waals surface area contributed by atoms with Gasteiger partial charge < -0.3 is 10.1 Å². The van der Waals surface area contributed by atoms with E-state index in [1.807, 2.05) is 0 Å². The van der Waals surface area contributed by atoms with Gasteiger partial charge in [-0.1, -0.05) is 47.3 Å². The highest BCUT2D eigenvalue weighted by atomic mass is 79.9. The molecule has 2 aliphatic carbocycles. The highest BCUT2D eigenvalue weighted by Crippen LogP contribution is 2.28. The van der Waals surface area contributed by atoms with Gasteiger partial charge in [-0.25, -0.2) is 0 Å². The molecular weight excluding hydrogens is 326 g/mol. The molecule has 0 radical (unpaired) electrons. The summed E-state index contributed by atoms with van der Waals surface area (Å²) in [5.41, 5.74) is 1.29. The summed E-state index contributed by atoms with van der Waals surface area (Å²) in [5, 5.41) is 3.62. The van der Waals surface area contributed by atoms with E-state index in [0.29, 0.717) is 0 Å². The lowest BCUT2D eigenvalue weighted by Crippen LogP contribution is -2.27. The molecule has 0 spiro atoms. The molecule has 2 fully saturated rings. The van der Waals surface area contributed by atoms with Crippen LogP contribution in [0.5, 0.6) is 0 Å². The van der Waals surface area contributed by atoms with E-state index in [9.17, 15) is 0 Å². The van der Waals surface area contributed by atoms with E-state index < -0.39 is 0 Å². The van der Waals surface area contributed by atoms with Crippen molar-refractivity contribution in [3.05, 3.63) is 34.3 Å². The Labute approximate surface area is 136 Å². The first-order valence-corrected chi connectivity index (χ1v) is 9.21. The van der Waals surface area contributed by atoms with Gasteiger partial charge in [-0.3, -0.25) is 0 Å². The molecule has 1 aromatic carbocycles. The first kappa shape index (κ1) is 15.5. The summed E-state index contributed by atoms with van der Waals surface area (Å²) in [6.45, 7) is 1.86. The molecule has 2 aliphatic rings. The maximum absolute atomic E-state index is 6.32. The molecule has 1 unspecified atom stereocenters. The molecule has 0 amide bonds. The Bertz CT molecular complexity index is 441. The molecule has 2 saturated carbocycles. The van der Waals surface area contributed by atoms with Gasteiger partial charge in [-0.05, 0) is 49.3 Å². The van der Waals surface area contributed by atoms with Crippen LogP contribution >= 0.6 is 15.9 Å². The SMILES string of the molecule is Brc1cccc(C(CNC2CC2)OCC2CCCCC2)c1. The Morgan fingerprint density at radius 3 is 2.67 bits per heavy atom. The molecule has 3 heteroatoms. The zero-order chi connectivity index (χ0) is 14.5. The van der Waals surface area contributed by atoms with E-state index in [1.54, 1.807) is 0 Å². The zero-order valence-corrected chi connectivity index (χ0v) is 14.3. The fourth-order valence-electron chi connectivity index (χ4n) is 3.15. The van der Waals surface area contributed by atoms with E-state index in [1.165, 1.54) is 50.5 Å². The summed E-state index contributed by atoms with van der Waals surface area (Å²) in [7, 11) is 0. The highest BCUT2D eigenvalue weighted by molar-refractivity contribution is 9.10. The summed E-state index contributed by atoms with van der Waals surface area (Å²) in [6.07, 6.45) is 9.72. The monoisotopic (exact) mass is 351 g/mol. The van der Waals surface area contributed by atoms with Crippen LogP contribution in [0.3, 0.4) is 0 Å². The van der Waals surface area contributed by atoms with Crippen molar-refractivity contribution in [3.8, 4) is 0 Å². The normalized spacial score (nSPS) is 21.4. The molecule has 1 N–H and O–H groups in total. The van der Waals surface area contributed by atoms with E-state index in [0.717, 1.165) is 29.6 Å². The summed E-state index contributed by atoms with van der Waals surface area (Å²) < 4.78 is 7.45. The number of benzene rings is 1. The highest BCUT2D eigenvalue weighted by Gasteiger charge is 2.23. The Kier molecular flexibility index (Phi) is 5.73. The van der Waals surface area contributed by atoms with Gasteiger partial charge in [0.2, 0.25) is 0 Å². The van der Waals surface area contributed by atoms with E-state index in [4.69, 9.17) is 4.74 Å². The molecule has 1 aromatic rings. The Morgan fingerprint density at radius 2 is 1.95 bits per heavy atom. The van der Waals surface area contributed by atoms with Gasteiger partial charge in [0.05, 0.1) is 12.7 Å². The molecule has 0 aromatic heterocycles. The second-order valence-corrected chi connectivity index (χ2v) is 7.48. The van der Waals surface area contributed by atoms with Gasteiger partial charge >= 0.3 is 0 Å². The Morgan fingerprint density at radius 1 is 1.14 bits per heavy atom. The number of halogens is 1. The van der Waals surface area contributed by atoms with Crippen LogP contribution in [0.2, 0.25) is 0 Å². The van der Waals surface area contributed by atoms with Crippen LogP contribution in [0.4, 0.5) is 0 Å². The lowest BCUT2D eigenvalue weighted by molar-refractivity contribution is 0.0197. The Balaban J connectivity index is 1.57. The minimum absolute atomic E-state index is 0.185. The van der Waals surface area contributed by atoms with Crippen LogP contribution in [0.1, 0.15) is 56.6 Å². The zero-order valence-electron chi connectivity index (χ0n) is 12.7. The van der Waals surface area contributed by atoms with Gasteiger partial charge in [-0.2, -0.15) is 0 Å². The third-order valence-corrected chi connectivity index (χ3v) is 5.14. The van der Waals surface area contributed by atoms with Crippen molar-refractivity contribution in [1.29, 1.82) is 0 Å². The van der Waals surface area contributed by atoms with Crippen molar-refractivity contribution in [2.75, 3.05) is 13.2 Å². The van der Waals surface area contributed by atoms with Crippen LogP contribution in [-0.4, -0.2) is 19.2 Å². The van der Waals surface area contributed by atoms with Crippen molar-refractivity contribution < 1.29 is 4.74 Å². The second-order valence-electron chi connectivity index (χ2n) is 6.56. The number of nitrogens with one attached hydrogen (secondary N) is 1. The van der Waals surface area contributed by atoms with Gasteiger partial charge in [0.15, 0.2) is 0 Å². The van der Waals surface area contributed by atoms with Crippen molar-refractivity contribution in [1.82, 2.24) is 5.32 Å². The third-order valence-electron chi connectivity index (χ3n) is 4.65. The molecule has 21 heavy (non-hydrogen) atoms. The number of ether oxygens (including phenoxy) is 1. The Hall–Kier alpha value is -0.380. The molecule has 2 nitrogen and oxygen atoms in total. The van der Waals surface area contributed by atoms with Gasteiger partial charge in [-0.15, -0.1) is 0 Å². The van der Waals surface area contributed by atoms with Crippen molar-refractivity contribution >= 4 is 15.9 Å². The van der Waals surface area contributed by atoms with E-state index in [2.05, 4.69) is 45.5 Å². The molecule has 0 aliphatic heterocycles. The third kappa shape index (κ3) is 5.08.